The van der Waals surface area contributed by atoms with Crippen molar-refractivity contribution in [1.82, 2.24) is 24.6 Å². The fourth-order valence-electron chi connectivity index (χ4n) is 4.17. The van der Waals surface area contributed by atoms with Crippen molar-refractivity contribution in [3.63, 3.8) is 0 Å². The summed E-state index contributed by atoms with van der Waals surface area (Å²) in [6.07, 6.45) is 7.36. The fraction of sp³-hybridized carbons (Fsp3) is 0.435. The van der Waals surface area contributed by atoms with Crippen LogP contribution >= 0.6 is 0 Å². The number of aromatic nitrogens is 4. The van der Waals surface area contributed by atoms with Crippen LogP contribution in [0.15, 0.2) is 49.1 Å². The molecule has 0 radical (unpaired) electrons. The summed E-state index contributed by atoms with van der Waals surface area (Å²) in [5.74, 6) is 0.938. The van der Waals surface area contributed by atoms with Gasteiger partial charge in [0.2, 0.25) is 0 Å². The third-order valence-electron chi connectivity index (χ3n) is 5.92. The van der Waals surface area contributed by atoms with Crippen LogP contribution in [0.1, 0.15) is 35.3 Å². The lowest BCUT2D eigenvalue weighted by Crippen LogP contribution is -2.48. The number of rotatable bonds is 7. The highest BCUT2D eigenvalue weighted by Crippen LogP contribution is 2.30. The molecule has 0 saturated carbocycles. The number of hydrogen-bond donors (Lipinski definition) is 0. The van der Waals surface area contributed by atoms with Crippen LogP contribution in [0.4, 0.5) is 5.82 Å². The molecule has 0 spiro atoms. The number of methoxy groups -OCH3 is 1. The maximum atomic E-state index is 5.27. The first-order valence-corrected chi connectivity index (χ1v) is 10.5. The summed E-state index contributed by atoms with van der Waals surface area (Å²) in [6.45, 7) is 9.49. The van der Waals surface area contributed by atoms with Gasteiger partial charge in [0.05, 0.1) is 25.0 Å². The Kier molecular flexibility index (Phi) is 6.40. The lowest BCUT2D eigenvalue weighted by molar-refractivity contribution is 0.168. The maximum Gasteiger partial charge on any atom is 0.147 e. The molecule has 1 saturated heterocycles. The highest BCUT2D eigenvalue weighted by Gasteiger charge is 2.29. The van der Waals surface area contributed by atoms with E-state index in [0.29, 0.717) is 6.61 Å². The van der Waals surface area contributed by atoms with E-state index in [1.165, 1.54) is 22.4 Å². The Labute approximate surface area is 178 Å². The number of nitrogens with zero attached hydrogens (tertiary/aromatic N) is 6. The molecule has 1 unspecified atom stereocenters. The van der Waals surface area contributed by atoms with E-state index < -0.39 is 0 Å². The van der Waals surface area contributed by atoms with Crippen molar-refractivity contribution in [2.75, 3.05) is 31.6 Å². The third kappa shape index (κ3) is 4.37. The monoisotopic (exact) mass is 406 g/mol. The van der Waals surface area contributed by atoms with E-state index in [2.05, 4.69) is 67.7 Å². The number of aryl methyl sites for hydroxylation is 1. The molecule has 30 heavy (non-hydrogen) atoms. The molecule has 1 aliphatic heterocycles. The molecule has 7 heteroatoms. The maximum absolute atomic E-state index is 5.27. The summed E-state index contributed by atoms with van der Waals surface area (Å²) in [5, 5.41) is 4.54. The molecule has 2 aromatic heterocycles. The average molecular weight is 407 g/mol. The van der Waals surface area contributed by atoms with E-state index in [1.807, 2.05) is 12.4 Å². The predicted octanol–water partition coefficient (Wildman–Crippen LogP) is 3.21. The average Bonchev–Trinajstić information content (AvgIpc) is 3.15. The van der Waals surface area contributed by atoms with E-state index in [1.54, 1.807) is 19.5 Å². The smallest absolute Gasteiger partial charge is 0.147 e. The molecular formula is C23H30N6O. The molecule has 1 aromatic carbocycles. The molecular weight excluding hydrogens is 376 g/mol. The Balaban J connectivity index is 1.59. The van der Waals surface area contributed by atoms with Gasteiger partial charge in [-0.15, -0.1) is 0 Å². The Morgan fingerprint density at radius 2 is 1.93 bits per heavy atom. The molecule has 1 atom stereocenters. The summed E-state index contributed by atoms with van der Waals surface area (Å²) in [6, 6.07) is 9.06. The Morgan fingerprint density at radius 1 is 1.10 bits per heavy atom. The molecule has 158 valence electrons. The zero-order valence-corrected chi connectivity index (χ0v) is 18.0. The number of anilines is 1. The second kappa shape index (κ2) is 9.36. The van der Waals surface area contributed by atoms with Gasteiger partial charge in [0.1, 0.15) is 5.82 Å². The first-order valence-electron chi connectivity index (χ1n) is 10.5. The topological polar surface area (TPSA) is 59.3 Å². The van der Waals surface area contributed by atoms with Gasteiger partial charge in [-0.25, -0.2) is 4.98 Å². The van der Waals surface area contributed by atoms with Crippen molar-refractivity contribution in [3.8, 4) is 0 Å². The first kappa shape index (κ1) is 20.5. The third-order valence-corrected chi connectivity index (χ3v) is 5.92. The lowest BCUT2D eigenvalue weighted by atomic mass is 10.00. The van der Waals surface area contributed by atoms with Crippen molar-refractivity contribution in [3.05, 3.63) is 71.4 Å². The molecule has 1 fully saturated rings. The fourth-order valence-corrected chi connectivity index (χ4v) is 4.17. The quantitative estimate of drug-likeness (QED) is 0.601. The van der Waals surface area contributed by atoms with Gasteiger partial charge in [-0.2, -0.15) is 5.10 Å². The minimum Gasteiger partial charge on any atom is -0.380 e. The second-order valence-electron chi connectivity index (χ2n) is 7.74. The van der Waals surface area contributed by atoms with E-state index in [0.717, 1.165) is 38.5 Å². The first-order chi connectivity index (χ1) is 14.7. The van der Waals surface area contributed by atoms with Gasteiger partial charge in [-0.3, -0.25) is 14.6 Å². The van der Waals surface area contributed by atoms with Crippen LogP contribution in [0.25, 0.3) is 0 Å². The Bertz CT molecular complexity index is 940. The molecule has 0 amide bonds. The van der Waals surface area contributed by atoms with Crippen molar-refractivity contribution in [2.45, 2.75) is 39.6 Å². The normalized spacial score (nSPS) is 17.4. The summed E-state index contributed by atoms with van der Waals surface area (Å²) in [4.78, 5) is 13.7. The van der Waals surface area contributed by atoms with E-state index in [9.17, 15) is 0 Å². The van der Waals surface area contributed by atoms with E-state index >= 15 is 0 Å². The number of ether oxygens (including phenoxy) is 1. The van der Waals surface area contributed by atoms with Gasteiger partial charge in [0, 0.05) is 63.5 Å². The SMILES string of the molecule is CCn1ncc(CN2CCN(c3cnccn3)CC2c2ccc(COC)cc2)c1C. The van der Waals surface area contributed by atoms with Gasteiger partial charge >= 0.3 is 0 Å². The van der Waals surface area contributed by atoms with E-state index in [4.69, 9.17) is 4.74 Å². The summed E-state index contributed by atoms with van der Waals surface area (Å²) >= 11 is 0. The molecule has 1 aliphatic rings. The van der Waals surface area contributed by atoms with Crippen LogP contribution in [0.2, 0.25) is 0 Å². The molecule has 3 aromatic rings. The van der Waals surface area contributed by atoms with Gasteiger partial charge < -0.3 is 9.64 Å². The molecule has 0 aliphatic carbocycles. The zero-order valence-electron chi connectivity index (χ0n) is 18.0. The molecule has 4 rings (SSSR count). The predicted molar refractivity (Wildman–Crippen MR) is 117 cm³/mol. The molecule has 7 nitrogen and oxygen atoms in total. The Hall–Kier alpha value is -2.77. The summed E-state index contributed by atoms with van der Waals surface area (Å²) in [7, 11) is 1.73. The van der Waals surface area contributed by atoms with Crippen molar-refractivity contribution >= 4 is 5.82 Å². The highest BCUT2D eigenvalue weighted by atomic mass is 16.5. The standard InChI is InChI=1S/C23H30N6O/c1-4-29-18(2)21(13-26-29)15-27-11-12-28(23-14-24-9-10-25-23)16-22(27)20-7-5-19(6-8-20)17-30-3/h5-10,13-14,22H,4,11-12,15-17H2,1-3H3. The van der Waals surface area contributed by atoms with E-state index in [-0.39, 0.29) is 6.04 Å². The largest absolute Gasteiger partial charge is 0.380 e. The molecule has 0 bridgehead atoms. The van der Waals surface area contributed by atoms with Gasteiger partial charge in [0.15, 0.2) is 0 Å². The van der Waals surface area contributed by atoms with Crippen LogP contribution in [-0.4, -0.2) is 51.4 Å². The minimum atomic E-state index is 0.265. The van der Waals surface area contributed by atoms with Crippen molar-refractivity contribution in [1.29, 1.82) is 0 Å². The second-order valence-corrected chi connectivity index (χ2v) is 7.74. The lowest BCUT2D eigenvalue weighted by Gasteiger charge is -2.42. The summed E-state index contributed by atoms with van der Waals surface area (Å²) < 4.78 is 7.34. The molecule has 3 heterocycles. The highest BCUT2D eigenvalue weighted by molar-refractivity contribution is 5.38. The van der Waals surface area contributed by atoms with Crippen LogP contribution < -0.4 is 4.90 Å². The Morgan fingerprint density at radius 3 is 2.60 bits per heavy atom. The van der Waals surface area contributed by atoms with Crippen molar-refractivity contribution < 1.29 is 4.74 Å². The van der Waals surface area contributed by atoms with Crippen LogP contribution in [0.5, 0.6) is 0 Å². The van der Waals surface area contributed by atoms with Crippen molar-refractivity contribution in [2.24, 2.45) is 0 Å². The molecule has 0 N–H and O–H groups in total. The van der Waals surface area contributed by atoms with Gasteiger partial charge in [-0.1, -0.05) is 24.3 Å². The number of hydrogen-bond acceptors (Lipinski definition) is 6. The van der Waals surface area contributed by atoms with Gasteiger partial charge in [-0.05, 0) is 25.0 Å². The van der Waals surface area contributed by atoms with Crippen LogP contribution in [0, 0.1) is 6.92 Å². The zero-order chi connectivity index (χ0) is 20.9. The number of piperazine rings is 1. The van der Waals surface area contributed by atoms with Gasteiger partial charge in [0.25, 0.3) is 0 Å². The summed E-state index contributed by atoms with van der Waals surface area (Å²) in [5.41, 5.74) is 5.05. The van der Waals surface area contributed by atoms with Crippen LogP contribution in [0.3, 0.4) is 0 Å². The minimum absolute atomic E-state index is 0.265. The van der Waals surface area contributed by atoms with Crippen LogP contribution in [-0.2, 0) is 24.4 Å². The number of benzene rings is 1.